The van der Waals surface area contributed by atoms with Crippen LogP contribution in [0.1, 0.15) is 17.0 Å². The van der Waals surface area contributed by atoms with Gasteiger partial charge in [-0.1, -0.05) is 16.8 Å². The molecule has 0 unspecified atom stereocenters. The minimum atomic E-state index is -3.59. The van der Waals surface area contributed by atoms with Crippen LogP contribution in [0.15, 0.2) is 27.6 Å². The lowest BCUT2D eigenvalue weighted by Gasteiger charge is -2.34. The minimum Gasteiger partial charge on any atom is -0.496 e. The van der Waals surface area contributed by atoms with Crippen LogP contribution in [-0.4, -0.2) is 56.1 Å². The molecule has 9 heteroatoms. The molecule has 3 rings (SSSR count). The Hall–Kier alpha value is -1.61. The zero-order valence-corrected chi connectivity index (χ0v) is 16.6. The maximum atomic E-state index is 12.9. The zero-order valence-electron chi connectivity index (χ0n) is 15.0. The van der Waals surface area contributed by atoms with Crippen molar-refractivity contribution < 1.29 is 17.7 Å². The summed E-state index contributed by atoms with van der Waals surface area (Å²) in [6.45, 7) is 5.99. The Kier molecular flexibility index (Phi) is 5.57. The average Bonchev–Trinajstić information content (AvgIpc) is 2.95. The summed E-state index contributed by atoms with van der Waals surface area (Å²) in [6, 6.07) is 5.52. The van der Waals surface area contributed by atoms with Gasteiger partial charge in [-0.15, -0.1) is 0 Å². The number of aromatic nitrogens is 1. The second-order valence-corrected chi connectivity index (χ2v) is 8.60. The summed E-state index contributed by atoms with van der Waals surface area (Å²) >= 11 is 6.08. The number of hydrogen-bond acceptors (Lipinski definition) is 6. The number of ether oxygens (including phenoxy) is 1. The van der Waals surface area contributed by atoms with Gasteiger partial charge in [0.25, 0.3) is 0 Å². The van der Waals surface area contributed by atoms with E-state index in [1.54, 1.807) is 27.0 Å². The van der Waals surface area contributed by atoms with Gasteiger partial charge in [-0.05, 0) is 32.0 Å². The molecule has 1 aliphatic rings. The topological polar surface area (TPSA) is 75.9 Å². The molecule has 0 N–H and O–H groups in total. The van der Waals surface area contributed by atoms with Crippen molar-refractivity contribution in [2.24, 2.45) is 0 Å². The van der Waals surface area contributed by atoms with Gasteiger partial charge in [-0.3, -0.25) is 4.90 Å². The molecule has 1 fully saturated rings. The largest absolute Gasteiger partial charge is 0.496 e. The van der Waals surface area contributed by atoms with Crippen molar-refractivity contribution in [1.29, 1.82) is 0 Å². The quantitative estimate of drug-likeness (QED) is 0.768. The number of halogens is 1. The summed E-state index contributed by atoms with van der Waals surface area (Å²) in [5.41, 5.74) is 1.38. The number of benzene rings is 1. The van der Waals surface area contributed by atoms with E-state index >= 15 is 0 Å². The fourth-order valence-corrected chi connectivity index (χ4v) is 5.12. The van der Waals surface area contributed by atoms with Gasteiger partial charge in [0.15, 0.2) is 5.76 Å². The number of sulfonamides is 1. The molecule has 26 heavy (non-hydrogen) atoms. The van der Waals surface area contributed by atoms with Gasteiger partial charge in [0.1, 0.15) is 16.3 Å². The van der Waals surface area contributed by atoms with Crippen molar-refractivity contribution in [3.63, 3.8) is 0 Å². The smallest absolute Gasteiger partial charge is 0.248 e. The zero-order chi connectivity index (χ0) is 18.9. The Morgan fingerprint density at radius 1 is 1.23 bits per heavy atom. The molecule has 0 atom stereocenters. The van der Waals surface area contributed by atoms with E-state index in [9.17, 15) is 8.42 Å². The molecule has 0 radical (unpaired) electrons. The first-order chi connectivity index (χ1) is 12.3. The van der Waals surface area contributed by atoms with Crippen LogP contribution >= 0.6 is 11.6 Å². The van der Waals surface area contributed by atoms with Crippen LogP contribution in [0.4, 0.5) is 0 Å². The van der Waals surface area contributed by atoms with Crippen LogP contribution in [0, 0.1) is 13.8 Å². The Labute approximate surface area is 158 Å². The third-order valence-corrected chi connectivity index (χ3v) is 6.91. The first-order valence-electron chi connectivity index (χ1n) is 8.30. The second-order valence-electron chi connectivity index (χ2n) is 6.29. The van der Waals surface area contributed by atoms with Gasteiger partial charge in [-0.2, -0.15) is 4.31 Å². The van der Waals surface area contributed by atoms with Crippen molar-refractivity contribution in [2.45, 2.75) is 25.3 Å². The van der Waals surface area contributed by atoms with Crippen LogP contribution in [-0.2, 0) is 16.6 Å². The van der Waals surface area contributed by atoms with Crippen molar-refractivity contribution >= 4 is 21.6 Å². The number of methoxy groups -OCH3 is 1. The van der Waals surface area contributed by atoms with Gasteiger partial charge in [0, 0.05) is 43.3 Å². The number of rotatable bonds is 5. The van der Waals surface area contributed by atoms with Crippen molar-refractivity contribution in [3.8, 4) is 5.75 Å². The molecule has 0 aliphatic carbocycles. The first kappa shape index (κ1) is 19.2. The minimum absolute atomic E-state index is 0.183. The SMILES string of the molecule is COc1ccc(Cl)cc1CN1CCN(S(=O)(=O)c2c(C)noc2C)CC1. The molecule has 1 aromatic carbocycles. The highest BCUT2D eigenvalue weighted by Crippen LogP contribution is 2.27. The number of piperazine rings is 1. The highest BCUT2D eigenvalue weighted by molar-refractivity contribution is 7.89. The highest BCUT2D eigenvalue weighted by Gasteiger charge is 2.33. The average molecular weight is 400 g/mol. The predicted octanol–water partition coefficient (Wildman–Crippen LogP) is 2.46. The maximum Gasteiger partial charge on any atom is 0.248 e. The van der Waals surface area contributed by atoms with E-state index in [2.05, 4.69) is 10.1 Å². The van der Waals surface area contributed by atoms with Gasteiger partial charge >= 0.3 is 0 Å². The summed E-state index contributed by atoms with van der Waals surface area (Å²) in [7, 11) is -1.97. The Bertz CT molecular complexity index is 870. The normalized spacial score (nSPS) is 16.8. The Morgan fingerprint density at radius 3 is 2.50 bits per heavy atom. The molecule has 1 aromatic heterocycles. The molecule has 142 valence electrons. The van der Waals surface area contributed by atoms with Crippen LogP contribution in [0.5, 0.6) is 5.75 Å². The third-order valence-electron chi connectivity index (χ3n) is 4.53. The molecule has 1 saturated heterocycles. The Morgan fingerprint density at radius 2 is 1.92 bits per heavy atom. The van der Waals surface area contributed by atoms with Crippen LogP contribution in [0.3, 0.4) is 0 Å². The van der Waals surface area contributed by atoms with Gasteiger partial charge in [0.05, 0.1) is 7.11 Å². The van der Waals surface area contributed by atoms with E-state index in [0.29, 0.717) is 49.2 Å². The maximum absolute atomic E-state index is 12.9. The van der Waals surface area contributed by atoms with Gasteiger partial charge in [-0.25, -0.2) is 8.42 Å². The number of aryl methyl sites for hydroxylation is 2. The summed E-state index contributed by atoms with van der Waals surface area (Å²) < 4.78 is 37.6. The van der Waals surface area contributed by atoms with E-state index in [4.69, 9.17) is 20.9 Å². The van der Waals surface area contributed by atoms with Crippen LogP contribution in [0.2, 0.25) is 5.02 Å². The number of hydrogen-bond donors (Lipinski definition) is 0. The van der Waals surface area contributed by atoms with Crippen LogP contribution < -0.4 is 4.74 Å². The van der Waals surface area contributed by atoms with E-state index in [-0.39, 0.29) is 4.90 Å². The van der Waals surface area contributed by atoms with Gasteiger partial charge in [0.2, 0.25) is 10.0 Å². The molecule has 1 aliphatic heterocycles. The molecule has 0 bridgehead atoms. The summed E-state index contributed by atoms with van der Waals surface area (Å²) in [5.74, 6) is 1.11. The highest BCUT2D eigenvalue weighted by atomic mass is 35.5. The fraction of sp³-hybridized carbons (Fsp3) is 0.471. The second kappa shape index (κ2) is 7.56. The summed E-state index contributed by atoms with van der Waals surface area (Å²) in [6.07, 6.45) is 0. The lowest BCUT2D eigenvalue weighted by molar-refractivity contribution is 0.180. The summed E-state index contributed by atoms with van der Waals surface area (Å²) in [5, 5.41) is 4.41. The molecular weight excluding hydrogens is 378 g/mol. The fourth-order valence-electron chi connectivity index (χ4n) is 3.21. The van der Waals surface area contributed by atoms with Crippen molar-refractivity contribution in [3.05, 3.63) is 40.2 Å². The molecule has 2 aromatic rings. The van der Waals surface area contributed by atoms with E-state index in [1.807, 2.05) is 12.1 Å². The lowest BCUT2D eigenvalue weighted by atomic mass is 10.1. The monoisotopic (exact) mass is 399 g/mol. The van der Waals surface area contributed by atoms with E-state index < -0.39 is 10.0 Å². The lowest BCUT2D eigenvalue weighted by Crippen LogP contribution is -2.48. The molecule has 0 amide bonds. The Balaban J connectivity index is 1.69. The molecular formula is C17H22ClN3O4S. The van der Waals surface area contributed by atoms with E-state index in [1.165, 1.54) is 4.31 Å². The van der Waals surface area contributed by atoms with Crippen LogP contribution in [0.25, 0.3) is 0 Å². The van der Waals surface area contributed by atoms with E-state index in [0.717, 1.165) is 11.3 Å². The molecule has 7 nitrogen and oxygen atoms in total. The first-order valence-corrected chi connectivity index (χ1v) is 10.1. The van der Waals surface area contributed by atoms with Crippen molar-refractivity contribution in [2.75, 3.05) is 33.3 Å². The molecule has 2 heterocycles. The third kappa shape index (κ3) is 3.73. The summed E-state index contributed by atoms with van der Waals surface area (Å²) in [4.78, 5) is 2.37. The predicted molar refractivity (Wildman–Crippen MR) is 98.0 cm³/mol. The molecule has 0 saturated carbocycles. The molecule has 0 spiro atoms. The standard InChI is InChI=1S/C17H22ClN3O4S/c1-12-17(13(2)25-19-12)26(22,23)21-8-6-20(7-9-21)11-14-10-15(18)4-5-16(14)24-3/h4-5,10H,6-9,11H2,1-3H3. The van der Waals surface area contributed by atoms with Gasteiger partial charge < -0.3 is 9.26 Å². The number of nitrogens with zero attached hydrogens (tertiary/aromatic N) is 3. The van der Waals surface area contributed by atoms with Crippen molar-refractivity contribution in [1.82, 2.24) is 14.4 Å².